The van der Waals surface area contributed by atoms with Gasteiger partial charge in [0, 0.05) is 11.3 Å². The molecule has 4 atom stereocenters. The number of hydrogen-bond donors (Lipinski definition) is 0. The molecule has 3 heteroatoms. The lowest BCUT2D eigenvalue weighted by Crippen LogP contribution is -2.34. The van der Waals surface area contributed by atoms with Crippen molar-refractivity contribution in [3.05, 3.63) is 35.9 Å². The highest BCUT2D eigenvalue weighted by molar-refractivity contribution is 6.15. The number of esters is 1. The van der Waals surface area contributed by atoms with Crippen LogP contribution in [0.1, 0.15) is 39.2 Å². The lowest BCUT2D eigenvalue weighted by Gasteiger charge is -2.23. The number of carbonyl (C=O) groups is 2. The summed E-state index contributed by atoms with van der Waals surface area (Å²) in [7, 11) is 0. The first-order chi connectivity index (χ1) is 9.31. The van der Waals surface area contributed by atoms with Gasteiger partial charge in [0.15, 0.2) is 11.9 Å². The van der Waals surface area contributed by atoms with E-state index in [0.29, 0.717) is 0 Å². The minimum Gasteiger partial charge on any atom is -0.453 e. The van der Waals surface area contributed by atoms with Gasteiger partial charge in [0.1, 0.15) is 5.41 Å². The minimum absolute atomic E-state index is 0.0252. The fourth-order valence-corrected chi connectivity index (χ4v) is 3.61. The van der Waals surface area contributed by atoms with Gasteiger partial charge in [-0.05, 0) is 11.5 Å². The Morgan fingerprint density at radius 1 is 1.10 bits per heavy atom. The molecule has 0 N–H and O–H groups in total. The van der Waals surface area contributed by atoms with Crippen LogP contribution in [0.15, 0.2) is 30.3 Å². The maximum Gasteiger partial charge on any atom is 0.321 e. The summed E-state index contributed by atoms with van der Waals surface area (Å²) in [6.07, 6.45) is -0.619. The Morgan fingerprint density at radius 3 is 2.20 bits per heavy atom. The molecule has 3 nitrogen and oxygen atoms in total. The molecule has 1 saturated carbocycles. The van der Waals surface area contributed by atoms with Crippen molar-refractivity contribution in [3.63, 3.8) is 0 Å². The van der Waals surface area contributed by atoms with Crippen molar-refractivity contribution in [1.29, 1.82) is 0 Å². The maximum absolute atomic E-state index is 12.8. The molecule has 2 fully saturated rings. The van der Waals surface area contributed by atoms with Gasteiger partial charge in [0.25, 0.3) is 0 Å². The first-order valence-electron chi connectivity index (χ1n) is 7.11. The van der Waals surface area contributed by atoms with E-state index in [1.54, 1.807) is 0 Å². The monoisotopic (exact) mass is 272 g/mol. The number of rotatable bonds is 1. The number of ether oxygens (including phenoxy) is 1. The maximum atomic E-state index is 12.8. The number of carbonyl (C=O) groups excluding carboxylic acids is 2. The SMILES string of the molecule is C[C@@H]1[C@@H](c2ccccc2)C12C(=O)OC(C(C)(C)C)C2=O. The van der Waals surface area contributed by atoms with Gasteiger partial charge < -0.3 is 4.74 Å². The second-order valence-corrected chi connectivity index (χ2v) is 7.06. The molecule has 3 rings (SSSR count). The van der Waals surface area contributed by atoms with Gasteiger partial charge in [-0.3, -0.25) is 9.59 Å². The summed E-state index contributed by atoms with van der Waals surface area (Å²) in [6.45, 7) is 7.78. The molecule has 0 aromatic heterocycles. The quantitative estimate of drug-likeness (QED) is 0.583. The minimum atomic E-state index is -0.931. The summed E-state index contributed by atoms with van der Waals surface area (Å²) in [5, 5.41) is 0. The predicted octanol–water partition coefficient (Wildman–Crippen LogP) is 2.95. The van der Waals surface area contributed by atoms with Gasteiger partial charge in [-0.25, -0.2) is 0 Å². The van der Waals surface area contributed by atoms with Crippen molar-refractivity contribution >= 4 is 11.8 Å². The van der Waals surface area contributed by atoms with E-state index in [1.807, 2.05) is 58.0 Å². The lowest BCUT2D eigenvalue weighted by molar-refractivity contribution is -0.149. The standard InChI is InChI=1S/C17H20O3/c1-10-12(11-8-6-5-7-9-11)17(10)13(18)14(16(2,3)4)20-15(17)19/h5-10,12,14H,1-4H3/t10-,12+,14?,17?/m1/s1. The first kappa shape index (κ1) is 13.3. The Balaban J connectivity index is 1.99. The van der Waals surface area contributed by atoms with Crippen molar-refractivity contribution in [3.8, 4) is 0 Å². The average molecular weight is 272 g/mol. The molecule has 0 amide bonds. The van der Waals surface area contributed by atoms with Crippen LogP contribution in [0.3, 0.4) is 0 Å². The highest BCUT2D eigenvalue weighted by Crippen LogP contribution is 2.69. The highest BCUT2D eigenvalue weighted by atomic mass is 16.6. The summed E-state index contributed by atoms with van der Waals surface area (Å²) in [5.74, 6) is -0.367. The van der Waals surface area contributed by atoms with E-state index in [9.17, 15) is 9.59 Å². The molecule has 1 aromatic carbocycles. The summed E-state index contributed by atoms with van der Waals surface area (Å²) in [5.41, 5.74) is -0.223. The Kier molecular flexibility index (Phi) is 2.63. The van der Waals surface area contributed by atoms with E-state index in [2.05, 4.69) is 0 Å². The third kappa shape index (κ3) is 1.52. The predicted molar refractivity (Wildman–Crippen MR) is 75.1 cm³/mol. The summed E-state index contributed by atoms with van der Waals surface area (Å²) in [4.78, 5) is 25.2. The lowest BCUT2D eigenvalue weighted by atomic mass is 9.82. The van der Waals surface area contributed by atoms with Crippen molar-refractivity contribution in [2.45, 2.75) is 39.7 Å². The third-order valence-electron chi connectivity index (χ3n) is 4.75. The van der Waals surface area contributed by atoms with Crippen LogP contribution in [-0.4, -0.2) is 17.9 Å². The Morgan fingerprint density at radius 2 is 1.70 bits per heavy atom. The van der Waals surface area contributed by atoms with Crippen LogP contribution in [0.4, 0.5) is 0 Å². The van der Waals surface area contributed by atoms with Crippen molar-refractivity contribution in [2.24, 2.45) is 16.7 Å². The molecular formula is C17H20O3. The highest BCUT2D eigenvalue weighted by Gasteiger charge is 2.78. The van der Waals surface area contributed by atoms with Crippen LogP contribution in [0, 0.1) is 16.7 Å². The fraction of sp³-hybridized carbons (Fsp3) is 0.529. The summed E-state index contributed by atoms with van der Waals surface area (Å²) >= 11 is 0. The van der Waals surface area contributed by atoms with Crippen molar-refractivity contribution < 1.29 is 14.3 Å². The van der Waals surface area contributed by atoms with Crippen LogP contribution < -0.4 is 0 Å². The Hall–Kier alpha value is -1.64. The number of hydrogen-bond acceptors (Lipinski definition) is 3. The molecule has 1 aliphatic carbocycles. The Labute approximate surface area is 119 Å². The normalized spacial score (nSPS) is 36.3. The molecule has 1 spiro atoms. The molecule has 1 heterocycles. The molecule has 1 aliphatic heterocycles. The zero-order chi connectivity index (χ0) is 14.7. The van der Waals surface area contributed by atoms with Crippen LogP contribution in [0.2, 0.25) is 0 Å². The molecule has 1 aromatic rings. The molecule has 0 radical (unpaired) electrons. The topological polar surface area (TPSA) is 43.4 Å². The van der Waals surface area contributed by atoms with Gasteiger partial charge in [-0.1, -0.05) is 58.0 Å². The van der Waals surface area contributed by atoms with E-state index in [1.165, 1.54) is 0 Å². The third-order valence-corrected chi connectivity index (χ3v) is 4.75. The van der Waals surface area contributed by atoms with Gasteiger partial charge in [0.2, 0.25) is 0 Å². The van der Waals surface area contributed by atoms with Crippen LogP contribution in [0.25, 0.3) is 0 Å². The molecule has 2 unspecified atom stereocenters. The Bertz CT molecular complexity index is 570. The largest absolute Gasteiger partial charge is 0.453 e. The van der Waals surface area contributed by atoms with E-state index in [4.69, 9.17) is 4.74 Å². The van der Waals surface area contributed by atoms with Crippen LogP contribution in [0.5, 0.6) is 0 Å². The molecular weight excluding hydrogens is 252 g/mol. The second-order valence-electron chi connectivity index (χ2n) is 7.06. The second kappa shape index (κ2) is 3.94. The summed E-state index contributed by atoms with van der Waals surface area (Å²) in [6, 6.07) is 9.80. The van der Waals surface area contributed by atoms with E-state index in [0.717, 1.165) is 5.56 Å². The van der Waals surface area contributed by atoms with Crippen molar-refractivity contribution in [2.75, 3.05) is 0 Å². The van der Waals surface area contributed by atoms with E-state index < -0.39 is 11.5 Å². The van der Waals surface area contributed by atoms with Gasteiger partial charge in [-0.15, -0.1) is 0 Å². The molecule has 2 aliphatic rings. The van der Waals surface area contributed by atoms with Crippen LogP contribution in [-0.2, 0) is 14.3 Å². The molecule has 20 heavy (non-hydrogen) atoms. The fourth-order valence-electron chi connectivity index (χ4n) is 3.61. The van der Waals surface area contributed by atoms with E-state index >= 15 is 0 Å². The number of benzene rings is 1. The molecule has 0 bridgehead atoms. The average Bonchev–Trinajstić information content (AvgIpc) is 2.92. The van der Waals surface area contributed by atoms with Gasteiger partial charge in [0.05, 0.1) is 0 Å². The zero-order valence-corrected chi connectivity index (χ0v) is 12.3. The smallest absolute Gasteiger partial charge is 0.321 e. The van der Waals surface area contributed by atoms with Gasteiger partial charge in [-0.2, -0.15) is 0 Å². The number of Topliss-reactive ketones (excluding diaryl/α,β-unsaturated/α-hetero) is 1. The van der Waals surface area contributed by atoms with Crippen LogP contribution >= 0.6 is 0 Å². The number of cyclic esters (lactones) is 1. The number of ketones is 1. The molecule has 1 saturated heterocycles. The van der Waals surface area contributed by atoms with Crippen molar-refractivity contribution in [1.82, 2.24) is 0 Å². The van der Waals surface area contributed by atoms with E-state index in [-0.39, 0.29) is 29.0 Å². The van der Waals surface area contributed by atoms with Gasteiger partial charge >= 0.3 is 5.97 Å². The summed E-state index contributed by atoms with van der Waals surface area (Å²) < 4.78 is 5.45. The zero-order valence-electron chi connectivity index (χ0n) is 12.3. The molecule has 106 valence electrons. The first-order valence-corrected chi connectivity index (χ1v) is 7.11.